The number of hydrogen-bond acceptors (Lipinski definition) is 2. The van der Waals surface area contributed by atoms with Crippen LogP contribution >= 0.6 is 0 Å². The first kappa shape index (κ1) is 15.5. The summed E-state index contributed by atoms with van der Waals surface area (Å²) in [5.74, 6) is -0.279. The Labute approximate surface area is 136 Å². The molecule has 0 aliphatic heterocycles. The molecule has 1 aromatic carbocycles. The first-order valence-corrected chi connectivity index (χ1v) is 8.19. The Bertz CT molecular complexity index is 761. The maximum Gasteiger partial charge on any atom is 0.263 e. The largest absolute Gasteiger partial charge is 0.345 e. The van der Waals surface area contributed by atoms with Gasteiger partial charge in [0.25, 0.3) is 11.5 Å². The quantitative estimate of drug-likeness (QED) is 0.920. The number of amides is 1. The van der Waals surface area contributed by atoms with Crippen LogP contribution in [0.3, 0.4) is 0 Å². The Kier molecular flexibility index (Phi) is 4.33. The van der Waals surface area contributed by atoms with Crippen LogP contribution in [-0.2, 0) is 0 Å². The van der Waals surface area contributed by atoms with Gasteiger partial charge in [0.1, 0.15) is 5.56 Å². The summed E-state index contributed by atoms with van der Waals surface area (Å²) in [6.45, 7) is 3.84. The number of benzene rings is 1. The summed E-state index contributed by atoms with van der Waals surface area (Å²) in [6, 6.07) is 11.9. The Balaban J connectivity index is 1.88. The molecule has 1 aliphatic rings. The molecule has 4 heteroatoms. The minimum atomic E-state index is -0.279. The third-order valence-corrected chi connectivity index (χ3v) is 4.41. The summed E-state index contributed by atoms with van der Waals surface area (Å²) in [6.07, 6.45) is 4.62. The Hall–Kier alpha value is -2.36. The number of nitrogens with zero attached hydrogens (tertiary/aromatic N) is 1. The van der Waals surface area contributed by atoms with Gasteiger partial charge >= 0.3 is 0 Å². The van der Waals surface area contributed by atoms with Gasteiger partial charge in [0.05, 0.1) is 6.04 Å². The fourth-order valence-corrected chi connectivity index (χ4v) is 2.89. The average Bonchev–Trinajstić information content (AvgIpc) is 3.38. The molecule has 1 fully saturated rings. The normalized spacial score (nSPS) is 15.2. The Morgan fingerprint density at radius 1 is 1.26 bits per heavy atom. The zero-order valence-corrected chi connectivity index (χ0v) is 13.6. The van der Waals surface area contributed by atoms with Crippen molar-refractivity contribution in [2.45, 2.75) is 45.2 Å². The number of pyridine rings is 1. The van der Waals surface area contributed by atoms with E-state index in [2.05, 4.69) is 5.32 Å². The molecule has 3 rings (SSSR count). The summed E-state index contributed by atoms with van der Waals surface area (Å²) >= 11 is 0. The highest BCUT2D eigenvalue weighted by Crippen LogP contribution is 2.33. The van der Waals surface area contributed by atoms with Crippen LogP contribution in [0.4, 0.5) is 0 Å². The van der Waals surface area contributed by atoms with Gasteiger partial charge in [-0.1, -0.05) is 37.3 Å². The lowest BCUT2D eigenvalue weighted by atomic mass is 10.0. The zero-order valence-electron chi connectivity index (χ0n) is 13.6. The number of aryl methyl sites for hydroxylation is 1. The minimum Gasteiger partial charge on any atom is -0.345 e. The molecule has 1 heterocycles. The number of carbonyl (C=O) groups excluding carboxylic acids is 1. The lowest BCUT2D eigenvalue weighted by Crippen LogP contribution is -2.35. The fourth-order valence-electron chi connectivity index (χ4n) is 2.89. The molecule has 1 N–H and O–H groups in total. The fraction of sp³-hybridized carbons (Fsp3) is 0.368. The molecule has 1 amide bonds. The van der Waals surface area contributed by atoms with Gasteiger partial charge in [0, 0.05) is 12.2 Å². The van der Waals surface area contributed by atoms with E-state index in [1.165, 1.54) is 0 Å². The van der Waals surface area contributed by atoms with E-state index in [1.807, 2.05) is 50.2 Å². The van der Waals surface area contributed by atoms with Crippen molar-refractivity contribution in [1.82, 2.24) is 9.88 Å². The monoisotopic (exact) mass is 310 g/mol. The summed E-state index contributed by atoms with van der Waals surface area (Å²) in [7, 11) is 0. The number of hydrogen-bond donors (Lipinski definition) is 1. The average molecular weight is 310 g/mol. The number of rotatable bonds is 5. The van der Waals surface area contributed by atoms with Crippen LogP contribution in [0.2, 0.25) is 0 Å². The van der Waals surface area contributed by atoms with E-state index in [9.17, 15) is 9.59 Å². The molecule has 1 aromatic heterocycles. The number of carbonyl (C=O) groups is 1. The van der Waals surface area contributed by atoms with Gasteiger partial charge in [-0.3, -0.25) is 9.59 Å². The first-order valence-electron chi connectivity index (χ1n) is 8.19. The molecule has 0 radical (unpaired) electrons. The van der Waals surface area contributed by atoms with Crippen LogP contribution in [0.1, 0.15) is 59.8 Å². The van der Waals surface area contributed by atoms with Crippen LogP contribution in [0.5, 0.6) is 0 Å². The molecule has 23 heavy (non-hydrogen) atoms. The van der Waals surface area contributed by atoms with Crippen molar-refractivity contribution >= 4 is 5.91 Å². The van der Waals surface area contributed by atoms with Crippen LogP contribution in [0, 0.1) is 6.92 Å². The SMILES string of the molecule is CC[C@H](NC(=O)c1c(C)ccn(C2CC2)c1=O)c1ccccc1. The van der Waals surface area contributed by atoms with Crippen LogP contribution in [0.15, 0.2) is 47.4 Å². The lowest BCUT2D eigenvalue weighted by Gasteiger charge is -2.18. The molecule has 1 aliphatic carbocycles. The van der Waals surface area contributed by atoms with Crippen molar-refractivity contribution in [3.05, 3.63) is 69.6 Å². The van der Waals surface area contributed by atoms with E-state index in [0.717, 1.165) is 30.4 Å². The number of nitrogens with one attached hydrogen (secondary N) is 1. The lowest BCUT2D eigenvalue weighted by molar-refractivity contribution is 0.0932. The summed E-state index contributed by atoms with van der Waals surface area (Å²) in [5.41, 5.74) is 1.88. The molecule has 0 saturated heterocycles. The Morgan fingerprint density at radius 2 is 1.96 bits per heavy atom. The van der Waals surface area contributed by atoms with Crippen molar-refractivity contribution in [2.75, 3.05) is 0 Å². The standard InChI is InChI=1S/C19H22N2O2/c1-3-16(14-7-5-4-6-8-14)20-18(22)17-13(2)11-12-21(19(17)23)15-9-10-15/h4-8,11-12,15-16H,3,9-10H2,1-2H3,(H,20,22)/t16-/m0/s1. The highest BCUT2D eigenvalue weighted by Gasteiger charge is 2.27. The van der Waals surface area contributed by atoms with Crippen LogP contribution in [0.25, 0.3) is 0 Å². The molecular weight excluding hydrogens is 288 g/mol. The van der Waals surface area contributed by atoms with Gasteiger partial charge in [-0.15, -0.1) is 0 Å². The molecule has 120 valence electrons. The van der Waals surface area contributed by atoms with Crippen molar-refractivity contribution in [2.24, 2.45) is 0 Å². The van der Waals surface area contributed by atoms with Crippen LogP contribution in [-0.4, -0.2) is 10.5 Å². The molecular formula is C19H22N2O2. The molecule has 0 bridgehead atoms. The third kappa shape index (κ3) is 3.21. The highest BCUT2D eigenvalue weighted by molar-refractivity contribution is 5.95. The molecule has 4 nitrogen and oxygen atoms in total. The second kappa shape index (κ2) is 6.41. The van der Waals surface area contributed by atoms with Crippen molar-refractivity contribution < 1.29 is 4.79 Å². The van der Waals surface area contributed by atoms with Gasteiger partial charge in [-0.05, 0) is 43.4 Å². The van der Waals surface area contributed by atoms with Gasteiger partial charge in [-0.25, -0.2) is 0 Å². The van der Waals surface area contributed by atoms with E-state index in [0.29, 0.717) is 0 Å². The van der Waals surface area contributed by atoms with Crippen LogP contribution < -0.4 is 10.9 Å². The van der Waals surface area contributed by atoms with Crippen molar-refractivity contribution in [3.63, 3.8) is 0 Å². The van der Waals surface area contributed by atoms with E-state index in [-0.39, 0.29) is 29.1 Å². The number of aromatic nitrogens is 1. The zero-order chi connectivity index (χ0) is 16.4. The van der Waals surface area contributed by atoms with Crippen molar-refractivity contribution in [1.29, 1.82) is 0 Å². The summed E-state index contributed by atoms with van der Waals surface area (Å²) in [4.78, 5) is 25.3. The predicted molar refractivity (Wildman–Crippen MR) is 90.7 cm³/mol. The van der Waals surface area contributed by atoms with E-state index < -0.39 is 0 Å². The van der Waals surface area contributed by atoms with Gasteiger partial charge in [0.15, 0.2) is 0 Å². The molecule has 1 saturated carbocycles. The van der Waals surface area contributed by atoms with Gasteiger partial charge in [-0.2, -0.15) is 0 Å². The van der Waals surface area contributed by atoms with E-state index in [1.54, 1.807) is 10.8 Å². The maximum atomic E-state index is 12.7. The minimum absolute atomic E-state index is 0.0860. The topological polar surface area (TPSA) is 51.1 Å². The molecule has 0 spiro atoms. The molecule has 2 aromatic rings. The summed E-state index contributed by atoms with van der Waals surface area (Å²) in [5, 5.41) is 3.02. The maximum absolute atomic E-state index is 12.7. The molecule has 1 atom stereocenters. The second-order valence-electron chi connectivity index (χ2n) is 6.16. The predicted octanol–water partition coefficient (Wildman–Crippen LogP) is 3.37. The smallest absolute Gasteiger partial charge is 0.263 e. The third-order valence-electron chi connectivity index (χ3n) is 4.41. The Morgan fingerprint density at radius 3 is 2.57 bits per heavy atom. The second-order valence-corrected chi connectivity index (χ2v) is 6.16. The van der Waals surface area contributed by atoms with Crippen molar-refractivity contribution in [3.8, 4) is 0 Å². The van der Waals surface area contributed by atoms with Gasteiger partial charge in [0.2, 0.25) is 0 Å². The first-order chi connectivity index (χ1) is 11.1. The molecule has 0 unspecified atom stereocenters. The van der Waals surface area contributed by atoms with E-state index >= 15 is 0 Å². The van der Waals surface area contributed by atoms with E-state index in [4.69, 9.17) is 0 Å². The highest BCUT2D eigenvalue weighted by atomic mass is 16.2. The van der Waals surface area contributed by atoms with Gasteiger partial charge < -0.3 is 9.88 Å². The summed E-state index contributed by atoms with van der Waals surface area (Å²) < 4.78 is 1.70.